The Morgan fingerprint density at radius 3 is 2.90 bits per heavy atom. The minimum Gasteiger partial charge on any atom is -0.454 e. The Kier molecular flexibility index (Phi) is 2.85. The average Bonchev–Trinajstić information content (AvgIpc) is 3.07. The number of amides is 1. The second kappa shape index (κ2) is 4.71. The molecule has 1 amide bonds. The molecule has 0 fully saturated rings. The smallest absolute Gasteiger partial charge is 0.234 e. The van der Waals surface area contributed by atoms with E-state index in [1.807, 2.05) is 18.2 Å². The van der Waals surface area contributed by atoms with Crippen LogP contribution in [0.2, 0.25) is 0 Å². The van der Waals surface area contributed by atoms with Crippen LogP contribution in [-0.2, 0) is 4.79 Å². The summed E-state index contributed by atoms with van der Waals surface area (Å²) in [5.41, 5.74) is 1.90. The van der Waals surface area contributed by atoms with Gasteiger partial charge in [0.15, 0.2) is 11.5 Å². The fraction of sp³-hybridized carbons (Fsp3) is 0.214. The van der Waals surface area contributed by atoms with Crippen molar-refractivity contribution in [2.45, 2.75) is 5.25 Å². The van der Waals surface area contributed by atoms with Gasteiger partial charge in [-0.15, -0.1) is 23.1 Å². The highest BCUT2D eigenvalue weighted by Gasteiger charge is 2.28. The number of rotatable bonds is 1. The summed E-state index contributed by atoms with van der Waals surface area (Å²) in [4.78, 5) is 13.1. The first-order chi connectivity index (χ1) is 9.81. The molecule has 0 saturated heterocycles. The van der Waals surface area contributed by atoms with Gasteiger partial charge in [-0.05, 0) is 23.1 Å². The second-order valence-corrected chi connectivity index (χ2v) is 6.62. The third-order valence-electron chi connectivity index (χ3n) is 3.28. The normalized spacial score (nSPS) is 20.2. The monoisotopic (exact) mass is 305 g/mol. The van der Waals surface area contributed by atoms with Gasteiger partial charge < -0.3 is 14.8 Å². The molecule has 2 aliphatic rings. The molecular weight excluding hydrogens is 294 g/mol. The van der Waals surface area contributed by atoms with E-state index in [1.165, 1.54) is 4.88 Å². The Balaban J connectivity index is 1.86. The van der Waals surface area contributed by atoms with Gasteiger partial charge in [-0.1, -0.05) is 6.07 Å². The van der Waals surface area contributed by atoms with E-state index in [9.17, 15) is 4.79 Å². The van der Waals surface area contributed by atoms with Crippen LogP contribution in [0.4, 0.5) is 5.69 Å². The second-order valence-electron chi connectivity index (χ2n) is 4.55. The average molecular weight is 305 g/mol. The number of ether oxygens (including phenoxy) is 2. The highest BCUT2D eigenvalue weighted by molar-refractivity contribution is 8.00. The van der Waals surface area contributed by atoms with Crippen LogP contribution in [0.5, 0.6) is 11.5 Å². The topological polar surface area (TPSA) is 47.6 Å². The lowest BCUT2D eigenvalue weighted by molar-refractivity contribution is -0.113. The van der Waals surface area contributed by atoms with E-state index < -0.39 is 0 Å². The summed E-state index contributed by atoms with van der Waals surface area (Å²) in [5, 5.41) is 5.16. The Bertz CT molecular complexity index is 669. The first-order valence-electron chi connectivity index (χ1n) is 6.19. The zero-order chi connectivity index (χ0) is 13.5. The Hall–Kier alpha value is -1.66. The molecule has 4 nitrogen and oxygen atoms in total. The van der Waals surface area contributed by atoms with E-state index in [0.717, 1.165) is 17.0 Å². The number of carbonyl (C=O) groups excluding carboxylic acids is 1. The van der Waals surface area contributed by atoms with Gasteiger partial charge in [-0.25, -0.2) is 0 Å². The third-order valence-corrected chi connectivity index (χ3v) is 5.64. The molecule has 2 aliphatic heterocycles. The van der Waals surface area contributed by atoms with Crippen molar-refractivity contribution in [2.75, 3.05) is 17.9 Å². The maximum Gasteiger partial charge on any atom is 0.234 e. The summed E-state index contributed by atoms with van der Waals surface area (Å²) in [6.07, 6.45) is 0. The number of thioether (sulfide) groups is 1. The largest absolute Gasteiger partial charge is 0.454 e. The predicted molar refractivity (Wildman–Crippen MR) is 79.8 cm³/mol. The van der Waals surface area contributed by atoms with Gasteiger partial charge >= 0.3 is 0 Å². The van der Waals surface area contributed by atoms with Crippen molar-refractivity contribution in [3.05, 3.63) is 40.1 Å². The molecule has 1 atom stereocenters. The molecule has 0 bridgehead atoms. The van der Waals surface area contributed by atoms with E-state index in [0.29, 0.717) is 11.5 Å². The number of nitrogens with one attached hydrogen (secondary N) is 1. The first kappa shape index (κ1) is 12.1. The number of fused-ring (bicyclic) bond motifs is 2. The molecule has 1 unspecified atom stereocenters. The van der Waals surface area contributed by atoms with E-state index in [-0.39, 0.29) is 18.0 Å². The molecule has 1 N–H and O–H groups in total. The zero-order valence-corrected chi connectivity index (χ0v) is 12.1. The van der Waals surface area contributed by atoms with Crippen LogP contribution in [0.15, 0.2) is 29.6 Å². The molecular formula is C14H11NO3S2. The van der Waals surface area contributed by atoms with Crippen LogP contribution in [0, 0.1) is 0 Å². The number of benzene rings is 1. The molecule has 0 radical (unpaired) electrons. The van der Waals surface area contributed by atoms with Crippen molar-refractivity contribution in [3.63, 3.8) is 0 Å². The molecule has 6 heteroatoms. The standard InChI is InChI=1S/C14H11NO3S2/c16-13-6-20-14(12-2-1-3-19-12)8-4-10-11(18-7-17-10)5-9(8)15-13/h1-5,14H,6-7H2,(H,15,16). The molecule has 3 heterocycles. The fourth-order valence-corrected chi connectivity index (χ4v) is 4.49. The fourth-order valence-electron chi connectivity index (χ4n) is 2.39. The van der Waals surface area contributed by atoms with Crippen molar-refractivity contribution in [1.82, 2.24) is 0 Å². The van der Waals surface area contributed by atoms with Crippen LogP contribution in [0.25, 0.3) is 0 Å². The van der Waals surface area contributed by atoms with Gasteiger partial charge in [-0.2, -0.15) is 0 Å². The minimum absolute atomic E-state index is 0.0224. The van der Waals surface area contributed by atoms with Crippen molar-refractivity contribution < 1.29 is 14.3 Å². The number of hydrogen-bond donors (Lipinski definition) is 1. The summed E-state index contributed by atoms with van der Waals surface area (Å²) in [5.74, 6) is 1.92. The molecule has 0 aliphatic carbocycles. The summed E-state index contributed by atoms with van der Waals surface area (Å²) in [6.45, 7) is 0.239. The Morgan fingerprint density at radius 1 is 1.25 bits per heavy atom. The van der Waals surface area contributed by atoms with Crippen LogP contribution in [-0.4, -0.2) is 18.5 Å². The predicted octanol–water partition coefficient (Wildman–Crippen LogP) is 3.25. The van der Waals surface area contributed by atoms with Gasteiger partial charge in [0, 0.05) is 16.6 Å². The molecule has 0 saturated carbocycles. The van der Waals surface area contributed by atoms with Crippen LogP contribution < -0.4 is 14.8 Å². The number of anilines is 1. The first-order valence-corrected chi connectivity index (χ1v) is 8.12. The van der Waals surface area contributed by atoms with Gasteiger partial charge in [0.25, 0.3) is 0 Å². The molecule has 0 spiro atoms. The van der Waals surface area contributed by atoms with Crippen LogP contribution in [0.3, 0.4) is 0 Å². The van der Waals surface area contributed by atoms with Crippen molar-refractivity contribution in [1.29, 1.82) is 0 Å². The summed E-state index contributed by atoms with van der Waals surface area (Å²) in [6, 6.07) is 7.99. The molecule has 20 heavy (non-hydrogen) atoms. The lowest BCUT2D eigenvalue weighted by Gasteiger charge is -2.15. The summed E-state index contributed by atoms with van der Waals surface area (Å²) in [7, 11) is 0. The molecule has 102 valence electrons. The number of hydrogen-bond acceptors (Lipinski definition) is 5. The number of thiophene rings is 1. The Labute approximate surface area is 124 Å². The van der Waals surface area contributed by atoms with Gasteiger partial charge in [0.05, 0.1) is 11.0 Å². The maximum absolute atomic E-state index is 11.9. The lowest BCUT2D eigenvalue weighted by Crippen LogP contribution is -2.12. The lowest BCUT2D eigenvalue weighted by atomic mass is 10.1. The molecule has 1 aromatic heterocycles. The van der Waals surface area contributed by atoms with E-state index in [4.69, 9.17) is 9.47 Å². The molecule has 1 aromatic carbocycles. The van der Waals surface area contributed by atoms with Crippen molar-refractivity contribution in [3.8, 4) is 11.5 Å². The van der Waals surface area contributed by atoms with E-state index >= 15 is 0 Å². The number of carbonyl (C=O) groups is 1. The van der Waals surface area contributed by atoms with Crippen molar-refractivity contribution >= 4 is 34.7 Å². The van der Waals surface area contributed by atoms with Crippen LogP contribution in [0.1, 0.15) is 15.7 Å². The zero-order valence-electron chi connectivity index (χ0n) is 10.4. The van der Waals surface area contributed by atoms with Crippen LogP contribution >= 0.6 is 23.1 Å². The highest BCUT2D eigenvalue weighted by atomic mass is 32.2. The quantitative estimate of drug-likeness (QED) is 0.878. The van der Waals surface area contributed by atoms with Gasteiger partial charge in [0.1, 0.15) is 0 Å². The minimum atomic E-state index is 0.0224. The summed E-state index contributed by atoms with van der Waals surface area (Å²) < 4.78 is 10.8. The van der Waals surface area contributed by atoms with E-state index in [2.05, 4.69) is 16.8 Å². The third kappa shape index (κ3) is 1.96. The van der Waals surface area contributed by atoms with Gasteiger partial charge in [-0.3, -0.25) is 4.79 Å². The molecule has 2 aromatic rings. The maximum atomic E-state index is 11.9. The highest BCUT2D eigenvalue weighted by Crippen LogP contribution is 2.47. The SMILES string of the molecule is O=C1CSC(c2cccs2)c2cc3c(cc2N1)OCO3. The summed E-state index contributed by atoms with van der Waals surface area (Å²) >= 11 is 3.34. The van der Waals surface area contributed by atoms with E-state index in [1.54, 1.807) is 23.1 Å². The van der Waals surface area contributed by atoms with Gasteiger partial charge in [0.2, 0.25) is 12.7 Å². The van der Waals surface area contributed by atoms with Crippen molar-refractivity contribution in [2.24, 2.45) is 0 Å². The molecule has 4 rings (SSSR count). The Morgan fingerprint density at radius 2 is 2.10 bits per heavy atom.